The monoisotopic (exact) mass is 243 g/mol. The van der Waals surface area contributed by atoms with Crippen LogP contribution >= 0.6 is 0 Å². The van der Waals surface area contributed by atoms with Crippen molar-refractivity contribution in [2.45, 2.75) is 77.0 Å². The maximum absolute atomic E-state index is 10.5. The molecule has 0 aromatic carbocycles. The molecule has 3 heteroatoms. The molecule has 1 aliphatic rings. The van der Waals surface area contributed by atoms with Crippen LogP contribution in [0.25, 0.3) is 0 Å². The van der Waals surface area contributed by atoms with Crippen molar-refractivity contribution < 1.29 is 10.2 Å². The van der Waals surface area contributed by atoms with Crippen molar-refractivity contribution in [2.24, 2.45) is 5.92 Å². The second kappa shape index (κ2) is 6.72. The highest BCUT2D eigenvalue weighted by atomic mass is 16.3. The van der Waals surface area contributed by atoms with Gasteiger partial charge in [0.05, 0.1) is 11.7 Å². The minimum atomic E-state index is -0.710. The van der Waals surface area contributed by atoms with Crippen LogP contribution in [0.3, 0.4) is 0 Å². The Morgan fingerprint density at radius 1 is 1.24 bits per heavy atom. The summed E-state index contributed by atoms with van der Waals surface area (Å²) in [5.74, 6) is 0.366. The van der Waals surface area contributed by atoms with Crippen LogP contribution in [-0.4, -0.2) is 34.5 Å². The van der Waals surface area contributed by atoms with Crippen LogP contribution in [0.1, 0.15) is 59.3 Å². The Bertz CT molecular complexity index is 210. The molecule has 0 spiro atoms. The molecule has 1 fully saturated rings. The van der Waals surface area contributed by atoms with E-state index in [1.165, 1.54) is 19.3 Å². The lowest BCUT2D eigenvalue weighted by Gasteiger charge is -2.37. The molecular formula is C14H29NO2. The van der Waals surface area contributed by atoms with Crippen LogP contribution in [0.15, 0.2) is 0 Å². The molecule has 2 atom stereocenters. The van der Waals surface area contributed by atoms with Gasteiger partial charge in [-0.2, -0.15) is 0 Å². The van der Waals surface area contributed by atoms with Crippen molar-refractivity contribution in [2.75, 3.05) is 6.54 Å². The molecule has 0 radical (unpaired) electrons. The normalized spacial score (nSPS) is 23.6. The summed E-state index contributed by atoms with van der Waals surface area (Å²) in [6.45, 7) is 6.58. The molecule has 0 unspecified atom stereocenters. The quantitative estimate of drug-likeness (QED) is 0.669. The second-order valence-electron chi connectivity index (χ2n) is 6.11. The van der Waals surface area contributed by atoms with E-state index in [0.717, 1.165) is 12.8 Å². The smallest absolute Gasteiger partial charge is 0.0692 e. The van der Waals surface area contributed by atoms with Crippen LogP contribution < -0.4 is 5.32 Å². The molecule has 1 rings (SSSR count). The van der Waals surface area contributed by atoms with Crippen LogP contribution in [-0.2, 0) is 0 Å². The van der Waals surface area contributed by atoms with Crippen molar-refractivity contribution in [1.82, 2.24) is 5.32 Å². The number of hydrogen-bond donors (Lipinski definition) is 3. The van der Waals surface area contributed by atoms with Crippen molar-refractivity contribution in [1.29, 1.82) is 0 Å². The Hall–Kier alpha value is -0.120. The van der Waals surface area contributed by atoms with Crippen LogP contribution in [0.4, 0.5) is 0 Å². The van der Waals surface area contributed by atoms with Crippen LogP contribution in [0, 0.1) is 5.92 Å². The first-order chi connectivity index (χ1) is 7.92. The molecule has 3 N–H and O–H groups in total. The average molecular weight is 243 g/mol. The van der Waals surface area contributed by atoms with Gasteiger partial charge in [-0.1, -0.05) is 33.1 Å². The van der Waals surface area contributed by atoms with Gasteiger partial charge in [0.1, 0.15) is 0 Å². The lowest BCUT2D eigenvalue weighted by atomic mass is 9.75. The molecule has 17 heavy (non-hydrogen) atoms. The van der Waals surface area contributed by atoms with E-state index < -0.39 is 11.7 Å². The van der Waals surface area contributed by atoms with E-state index in [1.54, 1.807) is 0 Å². The van der Waals surface area contributed by atoms with Gasteiger partial charge in [0, 0.05) is 19.0 Å². The van der Waals surface area contributed by atoms with Crippen molar-refractivity contribution in [3.05, 3.63) is 0 Å². The SMILES string of the molecule is CC(C)NC[C@@H](O)C[C@](C)(O)C1CCCCC1. The molecule has 0 aliphatic heterocycles. The molecule has 1 saturated carbocycles. The van der Waals surface area contributed by atoms with E-state index in [0.29, 0.717) is 24.9 Å². The highest BCUT2D eigenvalue weighted by molar-refractivity contribution is 4.86. The minimum absolute atomic E-state index is 0.366. The summed E-state index contributed by atoms with van der Waals surface area (Å²) in [4.78, 5) is 0. The summed E-state index contributed by atoms with van der Waals surface area (Å²) in [6.07, 6.45) is 5.99. The molecule has 0 amide bonds. The number of aliphatic hydroxyl groups excluding tert-OH is 1. The van der Waals surface area contributed by atoms with Crippen molar-refractivity contribution in [3.63, 3.8) is 0 Å². The van der Waals surface area contributed by atoms with Crippen molar-refractivity contribution >= 4 is 0 Å². The van der Waals surface area contributed by atoms with E-state index in [4.69, 9.17) is 0 Å². The van der Waals surface area contributed by atoms with Crippen LogP contribution in [0.5, 0.6) is 0 Å². The fourth-order valence-electron chi connectivity index (χ4n) is 2.81. The number of hydrogen-bond acceptors (Lipinski definition) is 3. The van der Waals surface area contributed by atoms with E-state index in [-0.39, 0.29) is 0 Å². The molecule has 3 nitrogen and oxygen atoms in total. The first-order valence-corrected chi connectivity index (χ1v) is 7.05. The lowest BCUT2D eigenvalue weighted by molar-refractivity contribution is -0.0525. The van der Waals surface area contributed by atoms with E-state index in [2.05, 4.69) is 19.2 Å². The van der Waals surface area contributed by atoms with E-state index in [9.17, 15) is 10.2 Å². The third-order valence-corrected chi connectivity index (χ3v) is 3.90. The number of rotatable bonds is 6. The lowest BCUT2D eigenvalue weighted by Crippen LogP contribution is -2.42. The molecule has 0 saturated heterocycles. The fourth-order valence-corrected chi connectivity index (χ4v) is 2.81. The highest BCUT2D eigenvalue weighted by Crippen LogP contribution is 2.35. The predicted molar refractivity (Wildman–Crippen MR) is 71.0 cm³/mol. The largest absolute Gasteiger partial charge is 0.392 e. The summed E-state index contributed by atoms with van der Waals surface area (Å²) < 4.78 is 0. The zero-order chi connectivity index (χ0) is 12.9. The summed E-state index contributed by atoms with van der Waals surface area (Å²) in [6, 6.07) is 0.379. The average Bonchev–Trinajstić information content (AvgIpc) is 2.27. The second-order valence-corrected chi connectivity index (χ2v) is 6.11. The first-order valence-electron chi connectivity index (χ1n) is 7.05. The Morgan fingerprint density at radius 3 is 2.35 bits per heavy atom. The number of nitrogens with one attached hydrogen (secondary N) is 1. The van der Waals surface area contributed by atoms with Gasteiger partial charge in [-0.05, 0) is 25.7 Å². The Kier molecular flexibility index (Phi) is 5.90. The molecule has 102 valence electrons. The fraction of sp³-hybridized carbons (Fsp3) is 1.00. The minimum Gasteiger partial charge on any atom is -0.392 e. The molecule has 0 aromatic rings. The molecule has 0 aromatic heterocycles. The van der Waals surface area contributed by atoms with Gasteiger partial charge >= 0.3 is 0 Å². The Balaban J connectivity index is 2.35. The van der Waals surface area contributed by atoms with Gasteiger partial charge in [-0.3, -0.25) is 0 Å². The molecule has 0 bridgehead atoms. The summed E-state index contributed by atoms with van der Waals surface area (Å²) >= 11 is 0. The first kappa shape index (κ1) is 14.9. The third kappa shape index (κ3) is 5.36. The Labute approximate surface area is 106 Å². The van der Waals surface area contributed by atoms with Gasteiger partial charge < -0.3 is 15.5 Å². The molecular weight excluding hydrogens is 214 g/mol. The predicted octanol–water partition coefficient (Wildman–Crippen LogP) is 2.07. The van der Waals surface area contributed by atoms with Gasteiger partial charge in [0.2, 0.25) is 0 Å². The maximum atomic E-state index is 10.5. The van der Waals surface area contributed by atoms with Gasteiger partial charge in [-0.25, -0.2) is 0 Å². The van der Waals surface area contributed by atoms with Crippen molar-refractivity contribution in [3.8, 4) is 0 Å². The van der Waals surface area contributed by atoms with E-state index in [1.807, 2.05) is 6.92 Å². The standard InChI is InChI=1S/C14H29NO2/c1-11(2)15-10-13(16)9-14(3,17)12-7-5-4-6-8-12/h11-13,15-17H,4-10H2,1-3H3/t13-,14-/m0/s1. The zero-order valence-corrected chi connectivity index (χ0v) is 11.6. The summed E-state index contributed by atoms with van der Waals surface area (Å²) in [5.41, 5.74) is -0.710. The maximum Gasteiger partial charge on any atom is 0.0692 e. The molecule has 0 heterocycles. The van der Waals surface area contributed by atoms with E-state index >= 15 is 0 Å². The Morgan fingerprint density at radius 2 is 1.82 bits per heavy atom. The summed E-state index contributed by atoms with van der Waals surface area (Å²) in [7, 11) is 0. The zero-order valence-electron chi connectivity index (χ0n) is 11.6. The third-order valence-electron chi connectivity index (χ3n) is 3.90. The van der Waals surface area contributed by atoms with Crippen LogP contribution in [0.2, 0.25) is 0 Å². The topological polar surface area (TPSA) is 52.5 Å². The molecule has 1 aliphatic carbocycles. The van der Waals surface area contributed by atoms with Gasteiger partial charge in [-0.15, -0.1) is 0 Å². The van der Waals surface area contributed by atoms with Gasteiger partial charge in [0.25, 0.3) is 0 Å². The summed E-state index contributed by atoms with van der Waals surface area (Å²) in [5, 5.41) is 23.6. The van der Waals surface area contributed by atoms with Gasteiger partial charge in [0.15, 0.2) is 0 Å². The highest BCUT2D eigenvalue weighted by Gasteiger charge is 2.34. The number of aliphatic hydroxyl groups is 2.